The third-order valence-electron chi connectivity index (χ3n) is 4.91. The summed E-state index contributed by atoms with van der Waals surface area (Å²) in [5.41, 5.74) is 4.28. The van der Waals surface area contributed by atoms with Crippen molar-refractivity contribution in [2.75, 3.05) is 10.6 Å². The molecule has 1 aromatic heterocycles. The smallest absolute Gasteiger partial charge is 0.255 e. The highest BCUT2D eigenvalue weighted by atomic mass is 16.2. The summed E-state index contributed by atoms with van der Waals surface area (Å²) in [5, 5.41) is 6.72. The van der Waals surface area contributed by atoms with Crippen LogP contribution >= 0.6 is 0 Å². The van der Waals surface area contributed by atoms with E-state index in [0.717, 1.165) is 23.0 Å². The summed E-state index contributed by atoms with van der Waals surface area (Å²) in [6.45, 7) is 2.09. The molecule has 0 bridgehead atoms. The van der Waals surface area contributed by atoms with Crippen LogP contribution in [0.25, 0.3) is 10.9 Å². The number of fused-ring (bicyclic) bond motifs is 1. The summed E-state index contributed by atoms with van der Waals surface area (Å²) in [6.07, 6.45) is 2.65. The zero-order chi connectivity index (χ0) is 20.9. The molecule has 0 aliphatic rings. The van der Waals surface area contributed by atoms with Gasteiger partial charge in [0.05, 0.1) is 11.2 Å². The van der Waals surface area contributed by atoms with Crippen molar-refractivity contribution in [3.8, 4) is 0 Å². The monoisotopic (exact) mass is 395 g/mol. The number of rotatable bonds is 5. The highest BCUT2D eigenvalue weighted by Crippen LogP contribution is 2.21. The van der Waals surface area contributed by atoms with Crippen LogP contribution in [-0.2, 0) is 6.42 Å². The average Bonchev–Trinajstić information content (AvgIpc) is 2.80. The molecule has 1 heterocycles. The summed E-state index contributed by atoms with van der Waals surface area (Å²) in [5.74, 6) is -0.472. The number of nitrogens with one attached hydrogen (secondary N) is 2. The van der Waals surface area contributed by atoms with Crippen molar-refractivity contribution in [3.63, 3.8) is 0 Å². The molecule has 0 aliphatic carbocycles. The third-order valence-corrected chi connectivity index (χ3v) is 4.91. The second-order valence-corrected chi connectivity index (χ2v) is 6.92. The molecule has 4 rings (SSSR count). The van der Waals surface area contributed by atoms with Crippen molar-refractivity contribution in [3.05, 3.63) is 102 Å². The lowest BCUT2D eigenvalue weighted by Gasteiger charge is -2.09. The fourth-order valence-electron chi connectivity index (χ4n) is 3.20. The lowest BCUT2D eigenvalue weighted by atomic mass is 10.1. The first-order valence-electron chi connectivity index (χ1n) is 9.79. The van der Waals surface area contributed by atoms with E-state index in [1.165, 1.54) is 5.56 Å². The second-order valence-electron chi connectivity index (χ2n) is 6.92. The van der Waals surface area contributed by atoms with Crippen molar-refractivity contribution in [1.29, 1.82) is 0 Å². The molecule has 3 aromatic carbocycles. The van der Waals surface area contributed by atoms with E-state index in [0.29, 0.717) is 16.8 Å². The van der Waals surface area contributed by atoms with Gasteiger partial charge >= 0.3 is 0 Å². The molecule has 0 radical (unpaired) electrons. The Labute approximate surface area is 174 Å². The molecule has 0 unspecified atom stereocenters. The normalized spacial score (nSPS) is 10.6. The van der Waals surface area contributed by atoms with E-state index in [2.05, 4.69) is 22.5 Å². The van der Waals surface area contributed by atoms with Gasteiger partial charge in [-0.2, -0.15) is 0 Å². The summed E-state index contributed by atoms with van der Waals surface area (Å²) >= 11 is 0. The number of aryl methyl sites for hydroxylation is 1. The summed E-state index contributed by atoms with van der Waals surface area (Å²) in [6, 6.07) is 23.8. The molecular weight excluding hydrogens is 374 g/mol. The van der Waals surface area contributed by atoms with Crippen LogP contribution in [0.5, 0.6) is 0 Å². The first-order valence-corrected chi connectivity index (χ1v) is 9.79. The van der Waals surface area contributed by atoms with Crippen molar-refractivity contribution < 1.29 is 9.59 Å². The molecule has 0 spiro atoms. The van der Waals surface area contributed by atoms with Crippen LogP contribution in [0.3, 0.4) is 0 Å². The molecule has 0 saturated carbocycles. The molecule has 30 heavy (non-hydrogen) atoms. The maximum atomic E-state index is 12.7. The predicted molar refractivity (Wildman–Crippen MR) is 120 cm³/mol. The Morgan fingerprint density at radius 1 is 0.767 bits per heavy atom. The highest BCUT2D eigenvalue weighted by Gasteiger charge is 2.11. The van der Waals surface area contributed by atoms with Crippen LogP contribution in [0.1, 0.15) is 33.2 Å². The molecule has 2 amide bonds. The number of carbonyl (C=O) groups is 2. The Morgan fingerprint density at radius 3 is 2.07 bits per heavy atom. The van der Waals surface area contributed by atoms with E-state index in [4.69, 9.17) is 0 Å². The van der Waals surface area contributed by atoms with Gasteiger partial charge in [0, 0.05) is 28.4 Å². The maximum absolute atomic E-state index is 12.7. The minimum atomic E-state index is -0.254. The van der Waals surface area contributed by atoms with E-state index >= 15 is 0 Å². The van der Waals surface area contributed by atoms with Gasteiger partial charge in [0.15, 0.2) is 0 Å². The Balaban J connectivity index is 1.45. The van der Waals surface area contributed by atoms with Gasteiger partial charge in [-0.05, 0) is 60.5 Å². The number of hydrogen-bond donors (Lipinski definition) is 2. The number of nitrogens with zero attached hydrogens (tertiary/aromatic N) is 1. The van der Waals surface area contributed by atoms with E-state index in [1.54, 1.807) is 30.5 Å². The van der Waals surface area contributed by atoms with Gasteiger partial charge < -0.3 is 10.6 Å². The molecule has 0 saturated heterocycles. The van der Waals surface area contributed by atoms with E-state index in [9.17, 15) is 9.59 Å². The molecule has 0 fully saturated rings. The van der Waals surface area contributed by atoms with Crippen LogP contribution in [0.15, 0.2) is 85.1 Å². The Bertz CT molecular complexity index is 1190. The van der Waals surface area contributed by atoms with Crippen LogP contribution < -0.4 is 10.6 Å². The quantitative estimate of drug-likeness (QED) is 0.482. The first-order chi connectivity index (χ1) is 14.6. The number of amides is 2. The lowest BCUT2D eigenvalue weighted by molar-refractivity contribution is 0.101. The number of para-hydroxylation sites is 1. The number of hydrogen-bond acceptors (Lipinski definition) is 3. The molecular formula is C25H21N3O2. The Hall–Kier alpha value is -3.99. The van der Waals surface area contributed by atoms with Crippen LogP contribution in [0, 0.1) is 0 Å². The number of carbonyl (C=O) groups excluding carboxylic acids is 2. The molecule has 148 valence electrons. The standard InChI is InChI=1S/C25H21N3O2/c1-2-17-8-14-21(15-9-17)27-24(29)19-10-12-20(13-11-19)25(30)28-22-7-3-5-18-6-4-16-26-23(18)22/h3-16H,2H2,1H3,(H,27,29)(H,28,30). The van der Waals surface area contributed by atoms with Crippen molar-refractivity contribution >= 4 is 34.1 Å². The van der Waals surface area contributed by atoms with E-state index in [-0.39, 0.29) is 11.8 Å². The molecule has 5 heteroatoms. The Kier molecular flexibility index (Phi) is 5.52. The minimum absolute atomic E-state index is 0.218. The fraction of sp³-hybridized carbons (Fsp3) is 0.0800. The number of anilines is 2. The summed E-state index contributed by atoms with van der Waals surface area (Å²) in [7, 11) is 0. The number of benzene rings is 3. The first kappa shape index (κ1) is 19.3. The van der Waals surface area contributed by atoms with Gasteiger partial charge in [-0.1, -0.05) is 37.3 Å². The molecule has 5 nitrogen and oxygen atoms in total. The molecule has 4 aromatic rings. The molecule has 0 aliphatic heterocycles. The van der Waals surface area contributed by atoms with Crippen LogP contribution in [0.2, 0.25) is 0 Å². The van der Waals surface area contributed by atoms with Gasteiger partial charge in [0.2, 0.25) is 0 Å². The largest absolute Gasteiger partial charge is 0.322 e. The summed E-state index contributed by atoms with van der Waals surface area (Å²) < 4.78 is 0. The van der Waals surface area contributed by atoms with Crippen molar-refractivity contribution in [2.45, 2.75) is 13.3 Å². The highest BCUT2D eigenvalue weighted by molar-refractivity contribution is 6.09. The van der Waals surface area contributed by atoms with Crippen molar-refractivity contribution in [2.24, 2.45) is 0 Å². The molecule has 2 N–H and O–H groups in total. The minimum Gasteiger partial charge on any atom is -0.322 e. The third kappa shape index (κ3) is 4.20. The average molecular weight is 395 g/mol. The van der Waals surface area contributed by atoms with Crippen LogP contribution in [-0.4, -0.2) is 16.8 Å². The Morgan fingerprint density at radius 2 is 1.40 bits per heavy atom. The van der Waals surface area contributed by atoms with Crippen LogP contribution in [0.4, 0.5) is 11.4 Å². The number of pyridine rings is 1. The topological polar surface area (TPSA) is 71.1 Å². The SMILES string of the molecule is CCc1ccc(NC(=O)c2ccc(C(=O)Nc3cccc4cccnc34)cc2)cc1. The van der Waals surface area contributed by atoms with Gasteiger partial charge in [-0.3, -0.25) is 14.6 Å². The zero-order valence-electron chi connectivity index (χ0n) is 16.6. The van der Waals surface area contributed by atoms with E-state index in [1.807, 2.05) is 54.6 Å². The molecule has 0 atom stereocenters. The lowest BCUT2D eigenvalue weighted by Crippen LogP contribution is -2.14. The zero-order valence-corrected chi connectivity index (χ0v) is 16.6. The maximum Gasteiger partial charge on any atom is 0.255 e. The van der Waals surface area contributed by atoms with Crippen molar-refractivity contribution in [1.82, 2.24) is 4.98 Å². The number of aromatic nitrogens is 1. The fourth-order valence-corrected chi connectivity index (χ4v) is 3.20. The predicted octanol–water partition coefficient (Wildman–Crippen LogP) is 5.30. The van der Waals surface area contributed by atoms with Gasteiger partial charge in [0.1, 0.15) is 0 Å². The van der Waals surface area contributed by atoms with Gasteiger partial charge in [-0.25, -0.2) is 0 Å². The van der Waals surface area contributed by atoms with Gasteiger partial charge in [0.25, 0.3) is 11.8 Å². The van der Waals surface area contributed by atoms with E-state index < -0.39 is 0 Å². The second kappa shape index (κ2) is 8.57. The van der Waals surface area contributed by atoms with Gasteiger partial charge in [-0.15, -0.1) is 0 Å². The summed E-state index contributed by atoms with van der Waals surface area (Å²) in [4.78, 5) is 29.5.